The summed E-state index contributed by atoms with van der Waals surface area (Å²) in [5, 5.41) is 3.56. The van der Waals surface area contributed by atoms with Crippen molar-refractivity contribution in [3.8, 4) is 0 Å². The molecule has 110 valence electrons. The summed E-state index contributed by atoms with van der Waals surface area (Å²) in [4.78, 5) is 2.53. The van der Waals surface area contributed by atoms with Crippen molar-refractivity contribution in [3.05, 3.63) is 34.9 Å². The molecule has 1 fully saturated rings. The first-order valence-corrected chi connectivity index (χ1v) is 8.99. The Morgan fingerprint density at radius 2 is 2.20 bits per heavy atom. The van der Waals surface area contributed by atoms with E-state index in [-0.39, 0.29) is 0 Å². The van der Waals surface area contributed by atoms with Crippen molar-refractivity contribution in [1.29, 1.82) is 0 Å². The molecule has 0 aromatic heterocycles. The van der Waals surface area contributed by atoms with Crippen LogP contribution in [0.15, 0.2) is 18.2 Å². The zero-order chi connectivity index (χ0) is 13.9. The Kier molecular flexibility index (Phi) is 4.69. The smallest absolute Gasteiger partial charge is 0.0340 e. The first-order chi connectivity index (χ1) is 9.78. The Bertz CT molecular complexity index is 460. The molecule has 1 N–H and O–H groups in total. The molecule has 1 heterocycles. The molecule has 0 saturated carbocycles. The number of rotatable bonds is 4. The van der Waals surface area contributed by atoms with E-state index in [1.807, 2.05) is 0 Å². The van der Waals surface area contributed by atoms with Crippen LogP contribution in [-0.2, 0) is 19.3 Å². The molecule has 2 atom stereocenters. The molecule has 1 saturated heterocycles. The fraction of sp³-hybridized carbons (Fsp3) is 0.647. The van der Waals surface area contributed by atoms with Crippen molar-refractivity contribution < 1.29 is 0 Å². The minimum atomic E-state index is 0.562. The van der Waals surface area contributed by atoms with E-state index in [0.717, 1.165) is 6.42 Å². The van der Waals surface area contributed by atoms with Gasteiger partial charge in [0.2, 0.25) is 0 Å². The van der Waals surface area contributed by atoms with Crippen molar-refractivity contribution in [3.63, 3.8) is 0 Å². The van der Waals surface area contributed by atoms with Gasteiger partial charge in [-0.2, -0.15) is 11.8 Å². The van der Waals surface area contributed by atoms with E-state index in [4.69, 9.17) is 0 Å². The summed E-state index contributed by atoms with van der Waals surface area (Å²) < 4.78 is 0. The molecule has 0 spiro atoms. The molecule has 2 unspecified atom stereocenters. The highest BCUT2D eigenvalue weighted by atomic mass is 32.2. The van der Waals surface area contributed by atoms with Gasteiger partial charge < -0.3 is 10.2 Å². The van der Waals surface area contributed by atoms with E-state index < -0.39 is 0 Å². The van der Waals surface area contributed by atoms with Crippen LogP contribution in [-0.4, -0.2) is 49.1 Å². The molecule has 3 rings (SSSR count). The summed E-state index contributed by atoms with van der Waals surface area (Å²) in [5.41, 5.74) is 4.69. The van der Waals surface area contributed by atoms with E-state index >= 15 is 0 Å². The highest BCUT2D eigenvalue weighted by molar-refractivity contribution is 7.99. The lowest BCUT2D eigenvalue weighted by atomic mass is 9.97. The maximum absolute atomic E-state index is 3.56. The maximum Gasteiger partial charge on any atom is 0.0340 e. The van der Waals surface area contributed by atoms with Crippen molar-refractivity contribution in [2.24, 2.45) is 0 Å². The zero-order valence-corrected chi connectivity index (χ0v) is 13.5. The lowest BCUT2D eigenvalue weighted by molar-refractivity contribution is 0.219. The molecular formula is C17H26N2S. The summed E-state index contributed by atoms with van der Waals surface area (Å²) in [7, 11) is 4.39. The highest BCUT2D eigenvalue weighted by Gasteiger charge is 2.27. The number of nitrogens with one attached hydrogen (secondary N) is 1. The van der Waals surface area contributed by atoms with Crippen LogP contribution >= 0.6 is 11.8 Å². The van der Waals surface area contributed by atoms with Gasteiger partial charge in [-0.25, -0.2) is 0 Å². The lowest BCUT2D eigenvalue weighted by Crippen LogP contribution is -2.52. The Morgan fingerprint density at radius 3 is 3.00 bits per heavy atom. The largest absolute Gasteiger partial charge is 0.315 e. The van der Waals surface area contributed by atoms with Crippen molar-refractivity contribution >= 4 is 11.8 Å². The van der Waals surface area contributed by atoms with Crippen LogP contribution < -0.4 is 5.32 Å². The topological polar surface area (TPSA) is 15.3 Å². The summed E-state index contributed by atoms with van der Waals surface area (Å²) >= 11 is 2.10. The molecule has 20 heavy (non-hydrogen) atoms. The Morgan fingerprint density at radius 1 is 1.35 bits per heavy atom. The third-order valence-corrected chi connectivity index (χ3v) is 5.95. The van der Waals surface area contributed by atoms with Gasteiger partial charge in [0.05, 0.1) is 0 Å². The number of hydrogen-bond donors (Lipinski definition) is 1. The Balaban J connectivity index is 1.71. The van der Waals surface area contributed by atoms with Crippen LogP contribution in [0.4, 0.5) is 0 Å². The molecule has 0 radical (unpaired) electrons. The van der Waals surface area contributed by atoms with Gasteiger partial charge in [-0.15, -0.1) is 0 Å². The molecule has 2 aliphatic rings. The second-order valence-electron chi connectivity index (χ2n) is 6.18. The fourth-order valence-corrected chi connectivity index (χ4v) is 4.88. The first-order valence-electron chi connectivity index (χ1n) is 7.84. The van der Waals surface area contributed by atoms with Gasteiger partial charge in [0.15, 0.2) is 0 Å². The number of nitrogens with zero attached hydrogens (tertiary/aromatic N) is 1. The number of benzene rings is 1. The summed E-state index contributed by atoms with van der Waals surface area (Å²) in [6.45, 7) is 1.22. The average molecular weight is 290 g/mol. The first kappa shape index (κ1) is 14.4. The lowest BCUT2D eigenvalue weighted by Gasteiger charge is -2.37. The van der Waals surface area contributed by atoms with Gasteiger partial charge in [-0.3, -0.25) is 0 Å². The molecule has 1 aromatic rings. The molecule has 1 aromatic carbocycles. The minimum Gasteiger partial charge on any atom is -0.315 e. The summed E-state index contributed by atoms with van der Waals surface area (Å²) in [6.07, 6.45) is 5.06. The van der Waals surface area contributed by atoms with Gasteiger partial charge in [0.1, 0.15) is 0 Å². The number of fused-ring (bicyclic) bond motifs is 1. The van der Waals surface area contributed by atoms with Crippen LogP contribution in [0.2, 0.25) is 0 Å². The molecule has 2 nitrogen and oxygen atoms in total. The maximum atomic E-state index is 3.56. The van der Waals surface area contributed by atoms with E-state index in [0.29, 0.717) is 12.1 Å². The quantitative estimate of drug-likeness (QED) is 0.916. The van der Waals surface area contributed by atoms with Gasteiger partial charge >= 0.3 is 0 Å². The number of thioether (sulfide) groups is 1. The number of hydrogen-bond acceptors (Lipinski definition) is 3. The molecule has 1 aliphatic heterocycles. The molecule has 0 bridgehead atoms. The highest BCUT2D eigenvalue weighted by Crippen LogP contribution is 2.25. The molecule has 0 amide bonds. The predicted molar refractivity (Wildman–Crippen MR) is 88.8 cm³/mol. The molecular weight excluding hydrogens is 264 g/mol. The normalized spacial score (nSPS) is 24.6. The van der Waals surface area contributed by atoms with Gasteiger partial charge in [0.25, 0.3) is 0 Å². The standard InChI is InChI=1S/C17H26N2S/c1-18-16(17-12-20-9-8-19(17)2)11-13-6-7-14-4-3-5-15(14)10-13/h6-7,10,16-18H,3-5,8-9,11-12H2,1-2H3. The second-order valence-corrected chi connectivity index (χ2v) is 7.33. The number of likely N-dealkylation sites (N-methyl/N-ethyl adjacent to an activating group) is 2. The molecule has 1 aliphatic carbocycles. The van der Waals surface area contributed by atoms with Gasteiger partial charge in [-0.1, -0.05) is 18.2 Å². The van der Waals surface area contributed by atoms with Crippen molar-refractivity contribution in [1.82, 2.24) is 10.2 Å². The van der Waals surface area contributed by atoms with Crippen LogP contribution in [0.25, 0.3) is 0 Å². The van der Waals surface area contributed by atoms with Crippen molar-refractivity contribution in [2.75, 3.05) is 32.1 Å². The third kappa shape index (κ3) is 3.05. The van der Waals surface area contributed by atoms with E-state index in [1.165, 1.54) is 42.9 Å². The number of aryl methyl sites for hydroxylation is 2. The summed E-state index contributed by atoms with van der Waals surface area (Å²) in [5.74, 6) is 2.54. The van der Waals surface area contributed by atoms with E-state index in [2.05, 4.69) is 54.3 Å². The van der Waals surface area contributed by atoms with Crippen LogP contribution in [0.1, 0.15) is 23.1 Å². The van der Waals surface area contributed by atoms with E-state index in [9.17, 15) is 0 Å². The molecule has 3 heteroatoms. The van der Waals surface area contributed by atoms with Gasteiger partial charge in [-0.05, 0) is 56.5 Å². The third-order valence-electron chi connectivity index (χ3n) is 4.90. The zero-order valence-electron chi connectivity index (χ0n) is 12.7. The minimum absolute atomic E-state index is 0.562. The second kappa shape index (κ2) is 6.50. The van der Waals surface area contributed by atoms with Crippen LogP contribution in [0, 0.1) is 0 Å². The summed E-state index contributed by atoms with van der Waals surface area (Å²) in [6, 6.07) is 8.40. The van der Waals surface area contributed by atoms with E-state index in [1.54, 1.807) is 11.1 Å². The Labute approximate surface area is 127 Å². The predicted octanol–water partition coefficient (Wildman–Crippen LogP) is 2.35. The monoisotopic (exact) mass is 290 g/mol. The van der Waals surface area contributed by atoms with Crippen LogP contribution in [0.5, 0.6) is 0 Å². The SMILES string of the molecule is CNC(Cc1ccc2c(c1)CCC2)C1CSCCN1C. The van der Waals surface area contributed by atoms with Crippen LogP contribution in [0.3, 0.4) is 0 Å². The Hall–Kier alpha value is -0.510. The van der Waals surface area contributed by atoms with Crippen molar-refractivity contribution in [2.45, 2.75) is 37.8 Å². The fourth-order valence-electron chi connectivity index (χ4n) is 3.57. The van der Waals surface area contributed by atoms with Gasteiger partial charge in [0, 0.05) is 30.1 Å². The average Bonchev–Trinajstić information content (AvgIpc) is 2.93.